The predicted octanol–water partition coefficient (Wildman–Crippen LogP) is 3.66. The van der Waals surface area contributed by atoms with E-state index in [2.05, 4.69) is 15.5 Å². The monoisotopic (exact) mass is 583 g/mol. The van der Waals surface area contributed by atoms with E-state index in [1.165, 1.54) is 6.07 Å². The molecule has 1 aromatic carbocycles. The van der Waals surface area contributed by atoms with Gasteiger partial charge in [0.05, 0.1) is 23.5 Å². The number of rotatable bonds is 2. The van der Waals surface area contributed by atoms with Gasteiger partial charge in [0.15, 0.2) is 17.4 Å². The number of ether oxygens (including phenoxy) is 1. The molecule has 0 bridgehead atoms. The normalized spacial score (nSPS) is 21.8. The average Bonchev–Trinajstić information content (AvgIpc) is 2.92. The number of phenols is 1. The van der Waals surface area contributed by atoms with E-state index in [0.29, 0.717) is 44.8 Å². The molecule has 42 heavy (non-hydrogen) atoms. The number of hydrogen-bond donors (Lipinski definition) is 2. The summed E-state index contributed by atoms with van der Waals surface area (Å²) in [5.74, 6) is -1.33. The molecule has 2 aromatic rings. The van der Waals surface area contributed by atoms with Crippen LogP contribution in [0, 0.1) is 5.82 Å². The second-order valence-electron chi connectivity index (χ2n) is 12.7. The molecule has 0 radical (unpaired) electrons. The highest BCUT2D eigenvalue weighted by molar-refractivity contribution is 6.06. The topological polar surface area (TPSA) is 131 Å². The lowest BCUT2D eigenvalue weighted by Gasteiger charge is -2.54. The largest absolute Gasteiger partial charge is 0.504 e. The fourth-order valence-electron chi connectivity index (χ4n) is 6.00. The van der Waals surface area contributed by atoms with E-state index in [-0.39, 0.29) is 35.6 Å². The smallest absolute Gasteiger partial charge is 0.410 e. The number of nitrogens with one attached hydrogen (secondary N) is 1. The Morgan fingerprint density at radius 3 is 2.48 bits per heavy atom. The Kier molecular flexibility index (Phi) is 7.18. The van der Waals surface area contributed by atoms with Crippen LogP contribution in [0.2, 0.25) is 0 Å². The minimum atomic E-state index is -1.08. The Morgan fingerprint density at radius 1 is 1.10 bits per heavy atom. The second-order valence-corrected chi connectivity index (χ2v) is 12.7. The third-order valence-electron chi connectivity index (χ3n) is 8.18. The molecular weight excluding hydrogens is 545 g/mol. The Bertz CT molecular complexity index is 1430. The van der Waals surface area contributed by atoms with E-state index < -0.39 is 34.3 Å². The van der Waals surface area contributed by atoms with Crippen molar-refractivity contribution >= 4 is 29.5 Å². The second kappa shape index (κ2) is 10.3. The Labute approximate surface area is 244 Å². The summed E-state index contributed by atoms with van der Waals surface area (Å²) in [6.45, 7) is 13.0. The summed E-state index contributed by atoms with van der Waals surface area (Å²) in [5, 5.41) is 21.4. The van der Waals surface area contributed by atoms with Gasteiger partial charge in [0, 0.05) is 38.3 Å². The van der Waals surface area contributed by atoms with Gasteiger partial charge in [-0.15, -0.1) is 10.2 Å². The minimum Gasteiger partial charge on any atom is -0.504 e. The van der Waals surface area contributed by atoms with Gasteiger partial charge in [0.1, 0.15) is 11.1 Å². The van der Waals surface area contributed by atoms with E-state index in [1.54, 1.807) is 26.8 Å². The summed E-state index contributed by atoms with van der Waals surface area (Å²) in [7, 11) is 0. The van der Waals surface area contributed by atoms with Crippen LogP contribution in [-0.2, 0) is 9.53 Å². The lowest BCUT2D eigenvalue weighted by atomic mass is 9.86. The number of piperazine rings is 2. The number of aromatic nitrogens is 2. The number of benzene rings is 1. The Balaban J connectivity index is 1.38. The molecule has 13 heteroatoms. The molecule has 4 amide bonds. The van der Waals surface area contributed by atoms with Gasteiger partial charge < -0.3 is 34.8 Å². The highest BCUT2D eigenvalue weighted by atomic mass is 19.1. The maximum absolute atomic E-state index is 14.1. The van der Waals surface area contributed by atoms with Crippen LogP contribution in [0.4, 0.5) is 25.5 Å². The third-order valence-corrected chi connectivity index (χ3v) is 8.18. The van der Waals surface area contributed by atoms with Crippen molar-refractivity contribution in [3.05, 3.63) is 30.1 Å². The third kappa shape index (κ3) is 5.05. The standard InChI is InChI=1S/C29H38FN7O5/c1-7-29-17-34(25(40)37-14-12-35(16-28(37,5)6)26(41)42-27(2,3)4)11-13-36(29)21-15-20(32-33-23(21)31-24(29)39)18-9-8-10-19(30)22(18)38/h8-10,15,38H,7,11-14,16-17H2,1-6H3,(H,31,33,39)/t29-/m0/s1. The number of amides is 4. The zero-order chi connectivity index (χ0) is 30.6. The molecule has 226 valence electrons. The lowest BCUT2D eigenvalue weighted by molar-refractivity contribution is -0.123. The van der Waals surface area contributed by atoms with Crippen molar-refractivity contribution in [2.75, 3.05) is 49.5 Å². The van der Waals surface area contributed by atoms with Crippen LogP contribution in [0.1, 0.15) is 48.0 Å². The number of nitrogens with zero attached hydrogens (tertiary/aromatic N) is 6. The first-order chi connectivity index (χ1) is 19.7. The van der Waals surface area contributed by atoms with Gasteiger partial charge in [-0.3, -0.25) is 4.79 Å². The maximum Gasteiger partial charge on any atom is 0.410 e. The van der Waals surface area contributed by atoms with Gasteiger partial charge >= 0.3 is 12.1 Å². The van der Waals surface area contributed by atoms with E-state index in [0.717, 1.165) is 6.07 Å². The molecule has 2 N–H and O–H groups in total. The molecule has 2 saturated heterocycles. The molecule has 12 nitrogen and oxygen atoms in total. The van der Waals surface area contributed by atoms with Crippen molar-refractivity contribution in [1.29, 1.82) is 0 Å². The molecule has 5 rings (SSSR count). The zero-order valence-electron chi connectivity index (χ0n) is 24.9. The number of hydrogen-bond acceptors (Lipinski definition) is 8. The SMILES string of the molecule is CC[C@@]12CN(C(=O)N3CCN(C(=O)OC(C)(C)C)CC3(C)C)CCN1c1cc(-c3cccc(F)c3O)nnc1NC2=O. The number of aromatic hydroxyl groups is 1. The molecule has 4 heterocycles. The van der Waals surface area contributed by atoms with Crippen LogP contribution in [0.15, 0.2) is 24.3 Å². The van der Waals surface area contributed by atoms with Gasteiger partial charge in [-0.2, -0.15) is 0 Å². The number of carbonyl (C=O) groups is 3. The van der Waals surface area contributed by atoms with Gasteiger partial charge in [-0.05, 0) is 59.2 Å². The van der Waals surface area contributed by atoms with Crippen LogP contribution in [0.3, 0.4) is 0 Å². The molecule has 0 aliphatic carbocycles. The summed E-state index contributed by atoms with van der Waals surface area (Å²) in [6.07, 6.45) is -0.00594. The molecule has 0 spiro atoms. The first kappa shape index (κ1) is 29.3. The predicted molar refractivity (Wildman–Crippen MR) is 154 cm³/mol. The fraction of sp³-hybridized carbons (Fsp3) is 0.552. The molecule has 1 aromatic heterocycles. The molecule has 3 aliphatic rings. The average molecular weight is 584 g/mol. The molecule has 0 unspecified atom stereocenters. The Morgan fingerprint density at radius 2 is 1.81 bits per heavy atom. The summed E-state index contributed by atoms with van der Waals surface area (Å²) >= 11 is 0. The number of fused-ring (bicyclic) bond motifs is 3. The number of anilines is 2. The van der Waals surface area contributed by atoms with Crippen LogP contribution in [0.25, 0.3) is 11.3 Å². The van der Waals surface area contributed by atoms with E-state index >= 15 is 0 Å². The first-order valence-corrected chi connectivity index (χ1v) is 14.2. The van der Waals surface area contributed by atoms with Gasteiger partial charge in [-0.1, -0.05) is 13.0 Å². The fourth-order valence-corrected chi connectivity index (χ4v) is 6.00. The Hall–Kier alpha value is -4.16. The van der Waals surface area contributed by atoms with Crippen molar-refractivity contribution in [1.82, 2.24) is 24.9 Å². The number of halogens is 1. The number of carbonyl (C=O) groups excluding carboxylic acids is 3. The molecule has 3 aliphatic heterocycles. The van der Waals surface area contributed by atoms with E-state index in [9.17, 15) is 23.9 Å². The summed E-state index contributed by atoms with van der Waals surface area (Å²) in [4.78, 5) is 47.3. The van der Waals surface area contributed by atoms with Crippen molar-refractivity contribution in [3.8, 4) is 17.0 Å². The van der Waals surface area contributed by atoms with Crippen molar-refractivity contribution in [2.24, 2.45) is 0 Å². The molecule has 1 atom stereocenters. The maximum atomic E-state index is 14.1. The van der Waals surface area contributed by atoms with Crippen molar-refractivity contribution < 1.29 is 28.6 Å². The highest BCUT2D eigenvalue weighted by Crippen LogP contribution is 2.42. The number of urea groups is 1. The van der Waals surface area contributed by atoms with E-state index in [4.69, 9.17) is 4.74 Å². The summed E-state index contributed by atoms with van der Waals surface area (Å²) in [5.41, 5.74) is -1.33. The van der Waals surface area contributed by atoms with Crippen LogP contribution < -0.4 is 10.2 Å². The summed E-state index contributed by atoms with van der Waals surface area (Å²) in [6, 6.07) is 5.65. The molecule has 2 fully saturated rings. The van der Waals surface area contributed by atoms with E-state index in [1.807, 2.05) is 46.4 Å². The van der Waals surface area contributed by atoms with Crippen molar-refractivity contribution in [2.45, 2.75) is 64.6 Å². The lowest BCUT2D eigenvalue weighted by Crippen LogP contribution is -2.72. The van der Waals surface area contributed by atoms with Crippen LogP contribution in [-0.4, -0.2) is 104 Å². The minimum absolute atomic E-state index is 0.138. The van der Waals surface area contributed by atoms with Crippen LogP contribution >= 0.6 is 0 Å². The number of para-hydroxylation sites is 1. The zero-order valence-corrected chi connectivity index (χ0v) is 24.9. The van der Waals surface area contributed by atoms with Crippen LogP contribution in [0.5, 0.6) is 5.75 Å². The quantitative estimate of drug-likeness (QED) is 0.548. The highest BCUT2D eigenvalue weighted by Gasteiger charge is 2.53. The summed E-state index contributed by atoms with van der Waals surface area (Å²) < 4.78 is 19.6. The van der Waals surface area contributed by atoms with Crippen molar-refractivity contribution in [3.63, 3.8) is 0 Å². The number of phenolic OH excluding ortho intramolecular Hbond substituents is 1. The van der Waals surface area contributed by atoms with Gasteiger partial charge in [-0.25, -0.2) is 14.0 Å². The first-order valence-electron chi connectivity index (χ1n) is 14.2. The molecular formula is C29H38FN7O5. The van der Waals surface area contributed by atoms with Gasteiger partial charge in [0.25, 0.3) is 5.91 Å². The van der Waals surface area contributed by atoms with Gasteiger partial charge in [0.2, 0.25) is 0 Å². The molecule has 0 saturated carbocycles.